The molecule has 1 unspecified atom stereocenters. The molecule has 0 heterocycles. The van der Waals surface area contributed by atoms with Crippen LogP contribution in [-0.2, 0) is 4.79 Å². The number of nitrogens with one attached hydrogen (secondary N) is 1. The molecule has 2 atom stereocenters. The van der Waals surface area contributed by atoms with Gasteiger partial charge in [0.25, 0.3) is 0 Å². The molecule has 0 saturated heterocycles. The van der Waals surface area contributed by atoms with Gasteiger partial charge in [-0.3, -0.25) is 4.79 Å². The molecule has 82 valence electrons. The Bertz CT molecular complexity index is 309. The van der Waals surface area contributed by atoms with Crippen LogP contribution in [0.5, 0.6) is 0 Å². The van der Waals surface area contributed by atoms with E-state index in [1.54, 1.807) is 6.92 Å². The highest BCUT2D eigenvalue weighted by molar-refractivity contribution is 5.81. The van der Waals surface area contributed by atoms with Crippen LogP contribution in [0, 0.1) is 0 Å². The summed E-state index contributed by atoms with van der Waals surface area (Å²) >= 11 is 0. The second kappa shape index (κ2) is 5.51. The number of hydrogen-bond donors (Lipinski definition) is 2. The third kappa shape index (κ3) is 3.36. The molecule has 0 aromatic heterocycles. The molecule has 1 aromatic rings. The van der Waals surface area contributed by atoms with Crippen molar-refractivity contribution in [2.24, 2.45) is 5.73 Å². The molecule has 0 bridgehead atoms. The van der Waals surface area contributed by atoms with E-state index in [0.29, 0.717) is 0 Å². The fourth-order valence-electron chi connectivity index (χ4n) is 1.41. The Kier molecular flexibility index (Phi) is 4.31. The van der Waals surface area contributed by atoms with Gasteiger partial charge in [0.2, 0.25) is 5.91 Å². The average molecular weight is 206 g/mol. The van der Waals surface area contributed by atoms with E-state index in [0.717, 1.165) is 12.0 Å². The molecule has 1 amide bonds. The van der Waals surface area contributed by atoms with E-state index < -0.39 is 6.04 Å². The first kappa shape index (κ1) is 11.7. The Morgan fingerprint density at radius 1 is 1.40 bits per heavy atom. The highest BCUT2D eigenvalue weighted by Gasteiger charge is 2.14. The lowest BCUT2D eigenvalue weighted by molar-refractivity contribution is -0.122. The zero-order valence-corrected chi connectivity index (χ0v) is 9.23. The van der Waals surface area contributed by atoms with Crippen LogP contribution in [0.3, 0.4) is 0 Å². The summed E-state index contributed by atoms with van der Waals surface area (Å²) in [5.74, 6) is -0.106. The van der Waals surface area contributed by atoms with E-state index >= 15 is 0 Å². The fourth-order valence-corrected chi connectivity index (χ4v) is 1.41. The van der Waals surface area contributed by atoms with E-state index in [2.05, 4.69) is 5.32 Å². The monoisotopic (exact) mass is 206 g/mol. The molecule has 3 nitrogen and oxygen atoms in total. The molecule has 0 aliphatic rings. The SMILES string of the molecule is CCC(NC(=O)[C@@H](C)N)c1ccccc1. The summed E-state index contributed by atoms with van der Waals surface area (Å²) in [5.41, 5.74) is 6.62. The highest BCUT2D eigenvalue weighted by Crippen LogP contribution is 2.15. The van der Waals surface area contributed by atoms with Gasteiger partial charge in [-0.15, -0.1) is 0 Å². The fraction of sp³-hybridized carbons (Fsp3) is 0.417. The molecule has 15 heavy (non-hydrogen) atoms. The van der Waals surface area contributed by atoms with Crippen molar-refractivity contribution in [1.82, 2.24) is 5.32 Å². The van der Waals surface area contributed by atoms with Crippen LogP contribution in [0.15, 0.2) is 30.3 Å². The van der Waals surface area contributed by atoms with Crippen molar-refractivity contribution >= 4 is 5.91 Å². The predicted octanol–water partition coefficient (Wildman–Crippen LogP) is 1.60. The first-order valence-corrected chi connectivity index (χ1v) is 5.26. The predicted molar refractivity (Wildman–Crippen MR) is 61.3 cm³/mol. The van der Waals surface area contributed by atoms with Crippen LogP contribution >= 0.6 is 0 Å². The normalized spacial score (nSPS) is 14.3. The summed E-state index contributed by atoms with van der Waals surface area (Å²) in [6.07, 6.45) is 0.864. The van der Waals surface area contributed by atoms with Crippen LogP contribution in [0.2, 0.25) is 0 Å². The van der Waals surface area contributed by atoms with E-state index in [1.807, 2.05) is 37.3 Å². The van der Waals surface area contributed by atoms with E-state index in [4.69, 9.17) is 5.73 Å². The van der Waals surface area contributed by atoms with E-state index in [1.165, 1.54) is 0 Å². The number of rotatable bonds is 4. The Labute approximate surface area is 90.7 Å². The summed E-state index contributed by atoms with van der Waals surface area (Å²) in [4.78, 5) is 11.4. The smallest absolute Gasteiger partial charge is 0.237 e. The number of amides is 1. The Hall–Kier alpha value is -1.35. The molecule has 3 N–H and O–H groups in total. The minimum absolute atomic E-state index is 0.0599. The summed E-state index contributed by atoms with van der Waals surface area (Å²) in [6.45, 7) is 3.73. The van der Waals surface area contributed by atoms with Gasteiger partial charge in [0.15, 0.2) is 0 Å². The lowest BCUT2D eigenvalue weighted by Crippen LogP contribution is -2.40. The highest BCUT2D eigenvalue weighted by atomic mass is 16.2. The summed E-state index contributed by atoms with van der Waals surface area (Å²) in [7, 11) is 0. The molecule has 0 radical (unpaired) electrons. The van der Waals surface area contributed by atoms with Crippen molar-refractivity contribution < 1.29 is 4.79 Å². The maximum Gasteiger partial charge on any atom is 0.237 e. The summed E-state index contributed by atoms with van der Waals surface area (Å²) < 4.78 is 0. The second-order valence-corrected chi connectivity index (χ2v) is 3.67. The molecule has 0 saturated carbocycles. The van der Waals surface area contributed by atoms with Crippen molar-refractivity contribution in [2.75, 3.05) is 0 Å². The Morgan fingerprint density at radius 2 is 2.00 bits per heavy atom. The average Bonchev–Trinajstić information content (AvgIpc) is 2.26. The molecule has 0 spiro atoms. The van der Waals surface area contributed by atoms with Crippen LogP contribution in [0.4, 0.5) is 0 Å². The Morgan fingerprint density at radius 3 is 2.47 bits per heavy atom. The molecular weight excluding hydrogens is 188 g/mol. The molecule has 3 heteroatoms. The quantitative estimate of drug-likeness (QED) is 0.786. The third-order valence-electron chi connectivity index (χ3n) is 2.34. The van der Waals surface area contributed by atoms with E-state index in [-0.39, 0.29) is 11.9 Å². The Balaban J connectivity index is 2.69. The lowest BCUT2D eigenvalue weighted by Gasteiger charge is -2.18. The number of nitrogens with two attached hydrogens (primary N) is 1. The van der Waals surface area contributed by atoms with Gasteiger partial charge in [-0.25, -0.2) is 0 Å². The standard InChI is InChI=1S/C12H18N2O/c1-3-11(14-12(15)9(2)13)10-7-5-4-6-8-10/h4-9,11H,3,13H2,1-2H3,(H,14,15)/t9-,11?/m1/s1. The summed E-state index contributed by atoms with van der Waals surface area (Å²) in [6, 6.07) is 9.52. The van der Waals surface area contributed by atoms with Gasteiger partial charge in [-0.1, -0.05) is 37.3 Å². The number of benzene rings is 1. The van der Waals surface area contributed by atoms with Crippen LogP contribution in [-0.4, -0.2) is 11.9 Å². The second-order valence-electron chi connectivity index (χ2n) is 3.67. The van der Waals surface area contributed by atoms with Crippen molar-refractivity contribution in [3.8, 4) is 0 Å². The van der Waals surface area contributed by atoms with E-state index in [9.17, 15) is 4.79 Å². The van der Waals surface area contributed by atoms with Gasteiger partial charge in [-0.05, 0) is 18.9 Å². The van der Waals surface area contributed by atoms with Gasteiger partial charge >= 0.3 is 0 Å². The molecule has 0 aliphatic carbocycles. The maximum absolute atomic E-state index is 11.4. The van der Waals surface area contributed by atoms with Gasteiger partial charge in [0, 0.05) is 0 Å². The molecule has 1 rings (SSSR count). The number of carbonyl (C=O) groups excluding carboxylic acids is 1. The first-order chi connectivity index (χ1) is 7.15. The summed E-state index contributed by atoms with van der Waals surface area (Å²) in [5, 5.41) is 2.92. The third-order valence-corrected chi connectivity index (χ3v) is 2.34. The van der Waals surface area contributed by atoms with Gasteiger partial charge in [0.1, 0.15) is 0 Å². The van der Waals surface area contributed by atoms with Gasteiger partial charge in [0.05, 0.1) is 12.1 Å². The van der Waals surface area contributed by atoms with Crippen molar-refractivity contribution in [2.45, 2.75) is 32.4 Å². The lowest BCUT2D eigenvalue weighted by atomic mass is 10.0. The number of carbonyl (C=O) groups is 1. The first-order valence-electron chi connectivity index (χ1n) is 5.26. The van der Waals surface area contributed by atoms with Crippen LogP contribution in [0.25, 0.3) is 0 Å². The largest absolute Gasteiger partial charge is 0.348 e. The zero-order chi connectivity index (χ0) is 11.3. The van der Waals surface area contributed by atoms with Gasteiger partial charge < -0.3 is 11.1 Å². The van der Waals surface area contributed by atoms with Crippen molar-refractivity contribution in [3.63, 3.8) is 0 Å². The number of hydrogen-bond acceptors (Lipinski definition) is 2. The van der Waals surface area contributed by atoms with Crippen molar-refractivity contribution in [1.29, 1.82) is 0 Å². The minimum Gasteiger partial charge on any atom is -0.348 e. The minimum atomic E-state index is -0.456. The van der Waals surface area contributed by atoms with Crippen molar-refractivity contribution in [3.05, 3.63) is 35.9 Å². The van der Waals surface area contributed by atoms with Gasteiger partial charge in [-0.2, -0.15) is 0 Å². The van der Waals surface area contributed by atoms with Crippen LogP contribution in [0.1, 0.15) is 31.9 Å². The topological polar surface area (TPSA) is 55.1 Å². The molecule has 1 aromatic carbocycles. The zero-order valence-electron chi connectivity index (χ0n) is 9.23. The molecule has 0 fully saturated rings. The van der Waals surface area contributed by atoms with Crippen LogP contribution < -0.4 is 11.1 Å². The molecule has 0 aliphatic heterocycles. The molecular formula is C12H18N2O. The maximum atomic E-state index is 11.4.